The molecule has 0 aliphatic carbocycles. The molecule has 0 atom stereocenters. The number of amides is 1. The Kier molecular flexibility index (Phi) is 6.07. The number of non-ortho nitro benzene ring substituents is 1. The molecule has 1 aromatic carbocycles. The van der Waals surface area contributed by atoms with Gasteiger partial charge in [-0.25, -0.2) is 0 Å². The molecule has 0 aliphatic heterocycles. The lowest BCUT2D eigenvalue weighted by molar-refractivity contribution is -0.384. The molecule has 0 radical (unpaired) electrons. The second kappa shape index (κ2) is 8.25. The van der Waals surface area contributed by atoms with Crippen molar-refractivity contribution in [1.82, 2.24) is 20.1 Å². The molecule has 1 amide bonds. The number of hydrogen-bond donors (Lipinski definition) is 1. The minimum absolute atomic E-state index is 0.0133. The number of hydrogen-bond acceptors (Lipinski definition) is 6. The zero-order valence-corrected chi connectivity index (χ0v) is 14.0. The van der Waals surface area contributed by atoms with Crippen molar-refractivity contribution in [3.63, 3.8) is 0 Å². The number of carbonyl (C=O) groups excluding carboxylic acids is 1. The van der Waals surface area contributed by atoms with Gasteiger partial charge in [0.05, 0.1) is 10.7 Å². The molecule has 9 heteroatoms. The van der Waals surface area contributed by atoms with Crippen LogP contribution < -0.4 is 5.32 Å². The molecular weight excluding hydrogens is 330 g/mol. The molecule has 0 fully saturated rings. The second-order valence-electron chi connectivity index (χ2n) is 4.75. The minimum Gasteiger partial charge on any atom is -0.356 e. The Labute approximate surface area is 143 Å². The van der Waals surface area contributed by atoms with Gasteiger partial charge >= 0.3 is 0 Å². The molecule has 24 heavy (non-hydrogen) atoms. The number of thioether (sulfide) groups is 1. The van der Waals surface area contributed by atoms with Crippen molar-refractivity contribution < 1.29 is 9.72 Å². The van der Waals surface area contributed by atoms with Crippen LogP contribution in [-0.4, -0.2) is 37.9 Å². The number of aromatic nitrogens is 3. The summed E-state index contributed by atoms with van der Waals surface area (Å²) in [6, 6.07) is 6.09. The molecule has 126 valence electrons. The van der Waals surface area contributed by atoms with E-state index < -0.39 is 4.92 Å². The highest BCUT2D eigenvalue weighted by atomic mass is 32.2. The smallest absolute Gasteiger partial charge is 0.269 e. The van der Waals surface area contributed by atoms with Crippen molar-refractivity contribution in [3.05, 3.63) is 47.0 Å². The summed E-state index contributed by atoms with van der Waals surface area (Å²) in [5.41, 5.74) is 0.721. The Bertz CT molecular complexity index is 742. The molecule has 0 aliphatic rings. The fourth-order valence-corrected chi connectivity index (χ4v) is 2.79. The van der Waals surface area contributed by atoms with Gasteiger partial charge in [-0.3, -0.25) is 19.5 Å². The number of nitrogens with one attached hydrogen (secondary N) is 1. The third-order valence-electron chi connectivity index (χ3n) is 3.07. The highest BCUT2D eigenvalue weighted by Gasteiger charge is 2.15. The summed E-state index contributed by atoms with van der Waals surface area (Å²) < 4.78 is 1.82. The molecule has 0 spiro atoms. The number of allylic oxidation sites excluding steroid dienone is 1. The molecule has 1 aromatic heterocycles. The first-order valence-corrected chi connectivity index (χ1v) is 8.23. The van der Waals surface area contributed by atoms with Crippen LogP contribution in [0, 0.1) is 10.1 Å². The van der Waals surface area contributed by atoms with Gasteiger partial charge in [-0.1, -0.05) is 17.8 Å². The summed E-state index contributed by atoms with van der Waals surface area (Å²) in [5, 5.41) is 22.3. The second-order valence-corrected chi connectivity index (χ2v) is 5.69. The minimum atomic E-state index is -0.453. The first kappa shape index (κ1) is 17.7. The number of nitro benzene ring substituents is 1. The van der Waals surface area contributed by atoms with Crippen LogP contribution in [0.4, 0.5) is 5.69 Å². The summed E-state index contributed by atoms with van der Waals surface area (Å²) in [7, 11) is 0. The molecule has 8 nitrogen and oxygen atoms in total. The van der Waals surface area contributed by atoms with Gasteiger partial charge in [-0.05, 0) is 19.1 Å². The molecule has 0 saturated carbocycles. The molecule has 1 N–H and O–H groups in total. The fourth-order valence-electron chi connectivity index (χ4n) is 2.01. The van der Waals surface area contributed by atoms with E-state index in [4.69, 9.17) is 0 Å². The van der Waals surface area contributed by atoms with Crippen LogP contribution in [0.15, 0.2) is 42.1 Å². The van der Waals surface area contributed by atoms with Gasteiger partial charge in [-0.2, -0.15) is 0 Å². The van der Waals surface area contributed by atoms with E-state index in [2.05, 4.69) is 22.1 Å². The Morgan fingerprint density at radius 1 is 1.42 bits per heavy atom. The fraction of sp³-hybridized carbons (Fsp3) is 0.267. The van der Waals surface area contributed by atoms with E-state index in [-0.39, 0.29) is 17.3 Å². The summed E-state index contributed by atoms with van der Waals surface area (Å²) in [6.07, 6.45) is 1.70. The maximum atomic E-state index is 11.6. The van der Waals surface area contributed by atoms with E-state index in [1.165, 1.54) is 23.9 Å². The highest BCUT2D eigenvalue weighted by molar-refractivity contribution is 7.99. The van der Waals surface area contributed by atoms with Crippen LogP contribution in [0.2, 0.25) is 0 Å². The monoisotopic (exact) mass is 347 g/mol. The van der Waals surface area contributed by atoms with Gasteiger partial charge in [-0.15, -0.1) is 16.8 Å². The van der Waals surface area contributed by atoms with Gasteiger partial charge in [0.15, 0.2) is 11.0 Å². The zero-order chi connectivity index (χ0) is 17.5. The topological polar surface area (TPSA) is 103 Å². The molecule has 0 bridgehead atoms. The average molecular weight is 347 g/mol. The van der Waals surface area contributed by atoms with Crippen molar-refractivity contribution in [2.24, 2.45) is 0 Å². The molecule has 2 rings (SSSR count). The van der Waals surface area contributed by atoms with Crippen LogP contribution in [0.1, 0.15) is 6.92 Å². The van der Waals surface area contributed by atoms with Gasteiger partial charge in [0.25, 0.3) is 5.69 Å². The maximum Gasteiger partial charge on any atom is 0.269 e. The Balaban J connectivity index is 2.25. The third-order valence-corrected chi connectivity index (χ3v) is 4.04. The van der Waals surface area contributed by atoms with Crippen molar-refractivity contribution >= 4 is 23.4 Å². The van der Waals surface area contributed by atoms with Crippen LogP contribution in [-0.2, 0) is 11.3 Å². The number of benzene rings is 1. The molecule has 2 aromatic rings. The lowest BCUT2D eigenvalue weighted by Crippen LogP contribution is -2.24. The predicted octanol–water partition coefficient (Wildman–Crippen LogP) is 2.27. The Morgan fingerprint density at radius 2 is 2.12 bits per heavy atom. The van der Waals surface area contributed by atoms with Gasteiger partial charge < -0.3 is 5.32 Å². The van der Waals surface area contributed by atoms with Crippen molar-refractivity contribution in [2.75, 3.05) is 12.3 Å². The van der Waals surface area contributed by atoms with Crippen molar-refractivity contribution in [3.8, 4) is 11.4 Å². The Hall–Kier alpha value is -2.68. The van der Waals surface area contributed by atoms with Gasteiger partial charge in [0.1, 0.15) is 0 Å². The summed E-state index contributed by atoms with van der Waals surface area (Å²) in [5.74, 6) is 0.736. The van der Waals surface area contributed by atoms with Crippen LogP contribution in [0.3, 0.4) is 0 Å². The lowest BCUT2D eigenvalue weighted by atomic mass is 10.2. The number of carbonyl (C=O) groups is 1. The predicted molar refractivity (Wildman–Crippen MR) is 91.7 cm³/mol. The van der Waals surface area contributed by atoms with E-state index in [9.17, 15) is 14.9 Å². The molecule has 1 heterocycles. The normalized spacial score (nSPS) is 10.4. The van der Waals surface area contributed by atoms with E-state index in [0.717, 1.165) is 0 Å². The van der Waals surface area contributed by atoms with Crippen LogP contribution in [0.5, 0.6) is 0 Å². The summed E-state index contributed by atoms with van der Waals surface area (Å²) in [4.78, 5) is 21.9. The van der Waals surface area contributed by atoms with E-state index in [1.54, 1.807) is 18.2 Å². The molecule has 0 unspecified atom stereocenters. The quantitative estimate of drug-likeness (QED) is 0.340. The first-order chi connectivity index (χ1) is 11.6. The van der Waals surface area contributed by atoms with Crippen molar-refractivity contribution in [2.45, 2.75) is 18.6 Å². The average Bonchev–Trinajstić information content (AvgIpc) is 2.96. The van der Waals surface area contributed by atoms with E-state index >= 15 is 0 Å². The van der Waals surface area contributed by atoms with E-state index in [1.807, 2.05) is 11.5 Å². The largest absolute Gasteiger partial charge is 0.356 e. The standard InChI is InChI=1S/C15H17N5O3S/c1-3-9-19-14(11-5-7-12(8-6-11)20(22)23)17-18-15(19)24-10-13(21)16-4-2/h3,5-8H,1,4,9-10H2,2H3,(H,16,21). The van der Waals surface area contributed by atoms with Crippen molar-refractivity contribution in [1.29, 1.82) is 0 Å². The molecular formula is C15H17N5O3S. The van der Waals surface area contributed by atoms with Gasteiger partial charge in [0, 0.05) is 30.8 Å². The van der Waals surface area contributed by atoms with Crippen LogP contribution >= 0.6 is 11.8 Å². The summed E-state index contributed by atoms with van der Waals surface area (Å²) in [6.45, 7) is 6.62. The summed E-state index contributed by atoms with van der Waals surface area (Å²) >= 11 is 1.28. The third kappa shape index (κ3) is 4.19. The Morgan fingerprint density at radius 3 is 2.71 bits per heavy atom. The number of rotatable bonds is 8. The number of nitrogens with zero attached hydrogens (tertiary/aromatic N) is 4. The molecule has 0 saturated heterocycles. The first-order valence-electron chi connectivity index (χ1n) is 7.25. The maximum absolute atomic E-state index is 11.6. The SMILES string of the molecule is C=CCn1c(SCC(=O)NCC)nnc1-c1ccc([N+](=O)[O-])cc1. The van der Waals surface area contributed by atoms with Crippen LogP contribution in [0.25, 0.3) is 11.4 Å². The zero-order valence-electron chi connectivity index (χ0n) is 13.1. The number of nitro groups is 1. The van der Waals surface area contributed by atoms with Gasteiger partial charge in [0.2, 0.25) is 5.91 Å². The van der Waals surface area contributed by atoms with E-state index in [0.29, 0.717) is 29.6 Å². The lowest BCUT2D eigenvalue weighted by Gasteiger charge is -2.07. The highest BCUT2D eigenvalue weighted by Crippen LogP contribution is 2.25.